The lowest BCUT2D eigenvalue weighted by atomic mass is 9.84. The monoisotopic (exact) mass is 864 g/mol. The van der Waals surface area contributed by atoms with Crippen molar-refractivity contribution in [3.05, 3.63) is 47.2 Å². The Morgan fingerprint density at radius 2 is 2.03 bits per heavy atom. The summed E-state index contributed by atoms with van der Waals surface area (Å²) in [5.41, 5.74) is 9.57. The van der Waals surface area contributed by atoms with Crippen molar-refractivity contribution < 1.29 is 65.9 Å². The molecule has 2 fully saturated rings. The molecule has 3 aromatic rings. The van der Waals surface area contributed by atoms with E-state index < -0.39 is 63.3 Å². The van der Waals surface area contributed by atoms with E-state index in [9.17, 15) is 37.6 Å². The third-order valence-electron chi connectivity index (χ3n) is 9.78. The molecule has 25 heteroatoms. The number of fused-ring (bicyclic) bond motifs is 1. The van der Waals surface area contributed by atoms with E-state index in [0.717, 1.165) is 41.1 Å². The first-order valence-electron chi connectivity index (χ1n) is 17.9. The summed E-state index contributed by atoms with van der Waals surface area (Å²) in [6.45, 7) is 6.51. The molecule has 320 valence electrons. The minimum Gasteiger partial charge on any atom is -0.724 e. The SMILES string of the molecule is CC1(C)[C@H](NC(=O)/C(=N\O[C@](C)(C(=O)O)[C@H]2CCc3cc(-c4cnc(NC[C@@H](O)CN)[n+](CC5CNC5)c4)ccc3O2)c2csc(N)n2)C(=O)N1OS(=O)(=O)[O-].O=CO. The van der Waals surface area contributed by atoms with Gasteiger partial charge in [-0.15, -0.1) is 11.3 Å². The number of oxime groups is 1. The average molecular weight is 865 g/mol. The van der Waals surface area contributed by atoms with Gasteiger partial charge in [-0.1, -0.05) is 16.2 Å². The Kier molecular flexibility index (Phi) is 13.7. The molecule has 2 aromatic heterocycles. The highest BCUT2D eigenvalue weighted by Crippen LogP contribution is 2.37. The van der Waals surface area contributed by atoms with Gasteiger partial charge in [-0.05, 0) is 56.9 Å². The van der Waals surface area contributed by atoms with Gasteiger partial charge in [-0.3, -0.25) is 19.7 Å². The van der Waals surface area contributed by atoms with E-state index in [-0.39, 0.29) is 36.8 Å². The lowest BCUT2D eigenvalue weighted by Gasteiger charge is -2.51. The fourth-order valence-corrected chi connectivity index (χ4v) is 7.30. The zero-order chi connectivity index (χ0) is 43.3. The van der Waals surface area contributed by atoms with Crippen LogP contribution in [0.5, 0.6) is 5.75 Å². The molecule has 0 radical (unpaired) electrons. The number of hydrogen-bond donors (Lipinski definition) is 8. The van der Waals surface area contributed by atoms with Crippen LogP contribution in [0.3, 0.4) is 0 Å². The molecule has 0 unspecified atom stereocenters. The molecule has 0 spiro atoms. The number of hydroxylamine groups is 2. The number of ether oxygens (including phenoxy) is 1. The molecule has 2 saturated heterocycles. The van der Waals surface area contributed by atoms with Crippen molar-refractivity contribution in [3.8, 4) is 16.9 Å². The number of nitrogens with zero attached hydrogens (tertiary/aromatic N) is 5. The van der Waals surface area contributed by atoms with E-state index in [0.29, 0.717) is 35.6 Å². The smallest absolute Gasteiger partial charge is 0.391 e. The van der Waals surface area contributed by atoms with Gasteiger partial charge in [0.15, 0.2) is 16.9 Å². The van der Waals surface area contributed by atoms with Crippen molar-refractivity contribution >= 4 is 62.8 Å². The number of carboxylic acid groups (broad SMARTS) is 2. The topological polar surface area (TPSA) is 347 Å². The third kappa shape index (κ3) is 10.2. The summed E-state index contributed by atoms with van der Waals surface area (Å²) < 4.78 is 45.8. The Balaban J connectivity index is 0.00000214. The third-order valence-corrected chi connectivity index (χ3v) is 10.8. The molecule has 5 heterocycles. The number of aliphatic carboxylic acids is 1. The number of hydrogen-bond acceptors (Lipinski definition) is 19. The van der Waals surface area contributed by atoms with Gasteiger partial charge in [0.2, 0.25) is 10.4 Å². The first kappa shape index (κ1) is 44.5. The fraction of sp³-hybridized carbons (Fsp3) is 0.471. The maximum Gasteiger partial charge on any atom is 0.391 e. The molecular weight excluding hydrogens is 821 g/mol. The molecule has 0 bridgehead atoms. The van der Waals surface area contributed by atoms with Crippen molar-refractivity contribution in [1.82, 2.24) is 25.7 Å². The maximum absolute atomic E-state index is 13.5. The number of aryl methyl sites for hydroxylation is 1. The number of thiazole rings is 1. The van der Waals surface area contributed by atoms with Gasteiger partial charge in [0, 0.05) is 36.5 Å². The molecule has 4 atom stereocenters. The zero-order valence-corrected chi connectivity index (χ0v) is 33.6. The van der Waals surface area contributed by atoms with Gasteiger partial charge in [-0.2, -0.15) is 9.35 Å². The lowest BCUT2D eigenvalue weighted by Crippen LogP contribution is -2.76. The first-order chi connectivity index (χ1) is 27.8. The van der Waals surface area contributed by atoms with Crippen LogP contribution in [0.4, 0.5) is 11.1 Å². The summed E-state index contributed by atoms with van der Waals surface area (Å²) in [5.74, 6) is -2.09. The van der Waals surface area contributed by atoms with Gasteiger partial charge in [0.25, 0.3) is 23.9 Å². The van der Waals surface area contributed by atoms with E-state index in [1.54, 1.807) is 12.3 Å². The van der Waals surface area contributed by atoms with Crippen molar-refractivity contribution in [2.24, 2.45) is 16.8 Å². The number of nitrogens with one attached hydrogen (secondary N) is 3. The number of amides is 2. The van der Waals surface area contributed by atoms with Gasteiger partial charge < -0.3 is 51.5 Å². The summed E-state index contributed by atoms with van der Waals surface area (Å²) in [4.78, 5) is 61.7. The fourth-order valence-electron chi connectivity index (χ4n) is 6.30. The van der Waals surface area contributed by atoms with Gasteiger partial charge in [-0.25, -0.2) is 22.8 Å². The first-order valence-corrected chi connectivity index (χ1v) is 20.1. The number of aliphatic hydroxyl groups is 1. The van der Waals surface area contributed by atoms with Crippen molar-refractivity contribution in [3.63, 3.8) is 0 Å². The van der Waals surface area contributed by atoms with Crippen LogP contribution in [0.15, 0.2) is 41.1 Å². The van der Waals surface area contributed by atoms with Crippen LogP contribution in [-0.2, 0) is 51.7 Å². The van der Waals surface area contributed by atoms with E-state index in [4.69, 9.17) is 30.9 Å². The highest BCUT2D eigenvalue weighted by atomic mass is 32.3. The number of carbonyl (C=O) groups is 4. The van der Waals surface area contributed by atoms with Crippen LogP contribution in [0.25, 0.3) is 11.1 Å². The van der Waals surface area contributed by atoms with Crippen molar-refractivity contribution in [2.45, 2.75) is 69.5 Å². The molecule has 0 saturated carbocycles. The van der Waals surface area contributed by atoms with Gasteiger partial charge in [0.1, 0.15) is 23.7 Å². The van der Waals surface area contributed by atoms with E-state index >= 15 is 0 Å². The molecule has 59 heavy (non-hydrogen) atoms. The van der Waals surface area contributed by atoms with E-state index in [1.807, 2.05) is 22.9 Å². The Morgan fingerprint density at radius 3 is 2.61 bits per heavy atom. The predicted octanol–water partition coefficient (Wildman–Crippen LogP) is -1.82. The van der Waals surface area contributed by atoms with Crippen LogP contribution < -0.4 is 36.7 Å². The molecule has 1 aromatic carbocycles. The van der Waals surface area contributed by atoms with Crippen LogP contribution in [0, 0.1) is 5.92 Å². The molecule has 2 amide bonds. The Bertz CT molecular complexity index is 2200. The maximum atomic E-state index is 13.5. The van der Waals surface area contributed by atoms with Crippen LogP contribution >= 0.6 is 11.3 Å². The summed E-state index contributed by atoms with van der Waals surface area (Å²) >= 11 is 0.955. The number of benzene rings is 1. The molecule has 0 aliphatic carbocycles. The van der Waals surface area contributed by atoms with Crippen LogP contribution in [-0.4, -0.2) is 129 Å². The molecule has 23 nitrogen and oxygen atoms in total. The zero-order valence-electron chi connectivity index (χ0n) is 31.9. The standard InChI is InChI=1S/C33H42N10O11S2.CH2O2/c1-32(2)26(28(46)43(32)54-56(49,50)51)40-27(45)25(22-16-55-30(35)39-22)41-53-33(3,29(47)48)24-7-5-19-8-18(4-6-23(19)52-24)20-12-37-31(38-13-21(44)9-34)42(15-20)14-17-10-36-11-17;2-1-3/h4,6,8,12,15-17,21,24,26,36,44H,5,7,9-11,13-14,34H2,1-3H3,(H5,35,39,40,45,47,48,49,50,51);1H,(H,2,3)/b41-25-;/t21-,24+,26+,33-;/m0./s1. The quantitative estimate of drug-likeness (QED) is 0.0149. The highest BCUT2D eigenvalue weighted by molar-refractivity contribution is 7.80. The summed E-state index contributed by atoms with van der Waals surface area (Å²) in [7, 11) is -5.29. The normalized spacial score (nSPS) is 20.2. The number of rotatable bonds is 16. The Labute approximate surface area is 341 Å². The Morgan fingerprint density at radius 1 is 1.32 bits per heavy atom. The second-order valence-electron chi connectivity index (χ2n) is 14.4. The van der Waals surface area contributed by atoms with Crippen molar-refractivity contribution in [2.75, 3.05) is 37.2 Å². The van der Waals surface area contributed by atoms with Gasteiger partial charge >= 0.3 is 11.9 Å². The number of carbonyl (C=O) groups excluding carboxylic acids is 2. The van der Waals surface area contributed by atoms with Crippen LogP contribution in [0.1, 0.15) is 38.4 Å². The number of nitrogens with two attached hydrogens (primary N) is 2. The number of anilines is 2. The summed E-state index contributed by atoms with van der Waals surface area (Å²) in [6.07, 6.45) is 2.47. The second-order valence-corrected chi connectivity index (χ2v) is 16.2. The molecule has 3 aliphatic heterocycles. The minimum absolute atomic E-state index is 0.0459. The Hall–Kier alpha value is -5.57. The van der Waals surface area contributed by atoms with E-state index in [1.165, 1.54) is 26.2 Å². The molecular formula is C34H44N10O13S2. The van der Waals surface area contributed by atoms with Crippen molar-refractivity contribution in [1.29, 1.82) is 0 Å². The number of aliphatic hydroxyl groups excluding tert-OH is 1. The number of nitrogen functional groups attached to an aromatic ring is 1. The molecule has 6 rings (SSSR count). The average Bonchev–Trinajstić information content (AvgIpc) is 3.61. The lowest BCUT2D eigenvalue weighted by molar-refractivity contribution is -0.692. The predicted molar refractivity (Wildman–Crippen MR) is 205 cm³/mol. The molecule has 10 N–H and O–H groups in total. The number of carboxylic acids is 1. The number of aromatic nitrogens is 3. The highest BCUT2D eigenvalue weighted by Gasteiger charge is 2.58. The van der Waals surface area contributed by atoms with Crippen LogP contribution in [0.2, 0.25) is 0 Å². The summed E-state index contributed by atoms with van der Waals surface area (Å²) in [6, 6.07) is 4.12. The largest absolute Gasteiger partial charge is 0.724 e. The summed E-state index contributed by atoms with van der Waals surface area (Å²) in [5, 5.41) is 41.7. The second kappa shape index (κ2) is 18.1. The molecule has 3 aliphatic rings. The van der Waals surface area contributed by atoms with Gasteiger partial charge in [0.05, 0.1) is 30.9 Å². The van der Waals surface area contributed by atoms with E-state index in [2.05, 4.69) is 35.4 Å². The number of β-lactam (4-membered cyclic amide) rings is 1. The minimum atomic E-state index is -5.29.